The van der Waals surface area contributed by atoms with Gasteiger partial charge in [0, 0.05) is 23.1 Å². The SMILES string of the molecule is COC(=O)c1ccc(CNN2C(C)CCCC2C)c(Br)c1. The number of methoxy groups -OCH3 is 1. The van der Waals surface area contributed by atoms with Crippen LogP contribution >= 0.6 is 15.9 Å². The molecule has 2 unspecified atom stereocenters. The Morgan fingerprint density at radius 2 is 2.05 bits per heavy atom. The first-order valence-corrected chi connectivity index (χ1v) is 8.20. The summed E-state index contributed by atoms with van der Waals surface area (Å²) in [6, 6.07) is 6.69. The molecule has 0 radical (unpaired) electrons. The number of hydrogen-bond donors (Lipinski definition) is 1. The van der Waals surface area contributed by atoms with E-state index >= 15 is 0 Å². The number of benzene rings is 1. The van der Waals surface area contributed by atoms with E-state index < -0.39 is 0 Å². The number of esters is 1. The number of hydrogen-bond acceptors (Lipinski definition) is 4. The first-order valence-electron chi connectivity index (χ1n) is 7.41. The van der Waals surface area contributed by atoms with Crippen LogP contribution in [-0.4, -0.2) is 30.2 Å². The molecular weight excluding hydrogens is 332 g/mol. The molecule has 0 bridgehead atoms. The average Bonchev–Trinajstić information content (AvgIpc) is 2.47. The standard InChI is InChI=1S/C16H23BrN2O2/c1-11-5-4-6-12(2)19(11)18-10-14-8-7-13(9-15(14)17)16(20)21-3/h7-9,11-12,18H,4-6,10H2,1-3H3. The number of piperidine rings is 1. The third-order valence-corrected chi connectivity index (χ3v) is 4.86. The van der Waals surface area contributed by atoms with Crippen LogP contribution in [-0.2, 0) is 11.3 Å². The maximum Gasteiger partial charge on any atom is 0.337 e. The van der Waals surface area contributed by atoms with Crippen molar-refractivity contribution in [3.63, 3.8) is 0 Å². The summed E-state index contributed by atoms with van der Waals surface area (Å²) in [7, 11) is 1.39. The zero-order valence-corrected chi connectivity index (χ0v) is 14.4. The fraction of sp³-hybridized carbons (Fsp3) is 0.562. The van der Waals surface area contributed by atoms with Gasteiger partial charge in [-0.25, -0.2) is 9.80 Å². The first kappa shape index (κ1) is 16.5. The zero-order chi connectivity index (χ0) is 15.4. The van der Waals surface area contributed by atoms with Gasteiger partial charge in [-0.05, 0) is 44.4 Å². The van der Waals surface area contributed by atoms with Crippen LogP contribution in [0.5, 0.6) is 0 Å². The molecule has 0 amide bonds. The lowest BCUT2D eigenvalue weighted by molar-refractivity contribution is 0.0435. The predicted octanol–water partition coefficient (Wildman–Crippen LogP) is 3.50. The second kappa shape index (κ2) is 7.38. The Labute approximate surface area is 134 Å². The number of rotatable bonds is 4. The maximum absolute atomic E-state index is 11.5. The molecule has 0 spiro atoms. The minimum Gasteiger partial charge on any atom is -0.465 e. The molecular formula is C16H23BrN2O2. The fourth-order valence-corrected chi connectivity index (χ4v) is 3.36. The fourth-order valence-electron chi connectivity index (χ4n) is 2.84. The van der Waals surface area contributed by atoms with Gasteiger partial charge in [-0.2, -0.15) is 0 Å². The number of nitrogens with zero attached hydrogens (tertiary/aromatic N) is 1. The number of carbonyl (C=O) groups excluding carboxylic acids is 1. The van der Waals surface area contributed by atoms with Gasteiger partial charge in [-0.15, -0.1) is 0 Å². The Morgan fingerprint density at radius 3 is 2.62 bits per heavy atom. The van der Waals surface area contributed by atoms with E-state index in [0.29, 0.717) is 17.6 Å². The first-order chi connectivity index (χ1) is 10.0. The average molecular weight is 355 g/mol. The summed E-state index contributed by atoms with van der Waals surface area (Å²) in [4.78, 5) is 11.5. The summed E-state index contributed by atoms with van der Waals surface area (Å²) in [5.74, 6) is -0.312. The molecule has 0 aliphatic carbocycles. The third-order valence-electron chi connectivity index (χ3n) is 4.12. The summed E-state index contributed by atoms with van der Waals surface area (Å²) in [6.45, 7) is 5.27. The highest BCUT2D eigenvalue weighted by molar-refractivity contribution is 9.10. The summed E-state index contributed by atoms with van der Waals surface area (Å²) >= 11 is 3.53. The molecule has 1 aliphatic rings. The van der Waals surface area contributed by atoms with Crippen molar-refractivity contribution >= 4 is 21.9 Å². The Balaban J connectivity index is 2.01. The highest BCUT2D eigenvalue weighted by Crippen LogP contribution is 2.22. The Bertz CT molecular complexity index is 497. The third kappa shape index (κ3) is 4.05. The molecule has 2 atom stereocenters. The van der Waals surface area contributed by atoms with Crippen LogP contribution in [0.1, 0.15) is 49.0 Å². The van der Waals surface area contributed by atoms with Crippen LogP contribution in [0.25, 0.3) is 0 Å². The summed E-state index contributed by atoms with van der Waals surface area (Å²) in [5, 5.41) is 2.35. The molecule has 1 fully saturated rings. The number of hydrazine groups is 1. The number of ether oxygens (including phenoxy) is 1. The second-order valence-corrected chi connectivity index (χ2v) is 6.52. The largest absolute Gasteiger partial charge is 0.465 e. The van der Waals surface area contributed by atoms with Crippen molar-refractivity contribution in [3.05, 3.63) is 33.8 Å². The van der Waals surface area contributed by atoms with E-state index in [1.807, 2.05) is 12.1 Å². The van der Waals surface area contributed by atoms with Gasteiger partial charge in [0.2, 0.25) is 0 Å². The molecule has 1 aliphatic heterocycles. The van der Waals surface area contributed by atoms with Crippen LogP contribution in [0.2, 0.25) is 0 Å². The normalized spacial score (nSPS) is 23.0. The highest BCUT2D eigenvalue weighted by atomic mass is 79.9. The minimum atomic E-state index is -0.312. The minimum absolute atomic E-state index is 0.312. The van der Waals surface area contributed by atoms with Crippen LogP contribution in [0.4, 0.5) is 0 Å². The van der Waals surface area contributed by atoms with E-state index in [1.165, 1.54) is 26.4 Å². The van der Waals surface area contributed by atoms with Crippen molar-refractivity contribution in [1.29, 1.82) is 0 Å². The van der Waals surface area contributed by atoms with Crippen molar-refractivity contribution in [2.24, 2.45) is 0 Å². The van der Waals surface area contributed by atoms with Gasteiger partial charge >= 0.3 is 5.97 Å². The molecule has 116 valence electrons. The van der Waals surface area contributed by atoms with Gasteiger partial charge in [0.25, 0.3) is 0 Å². The summed E-state index contributed by atoms with van der Waals surface area (Å²) < 4.78 is 5.66. The van der Waals surface area contributed by atoms with Gasteiger partial charge in [0.05, 0.1) is 12.7 Å². The molecule has 1 N–H and O–H groups in total. The van der Waals surface area contributed by atoms with Crippen molar-refractivity contribution in [3.8, 4) is 0 Å². The van der Waals surface area contributed by atoms with Gasteiger partial charge in [0.15, 0.2) is 0 Å². The molecule has 0 aromatic heterocycles. The second-order valence-electron chi connectivity index (χ2n) is 5.67. The molecule has 1 heterocycles. The van der Waals surface area contributed by atoms with E-state index in [1.54, 1.807) is 6.07 Å². The van der Waals surface area contributed by atoms with Crippen LogP contribution in [0, 0.1) is 0 Å². The topological polar surface area (TPSA) is 41.6 Å². The highest BCUT2D eigenvalue weighted by Gasteiger charge is 2.24. The Kier molecular flexibility index (Phi) is 5.79. The van der Waals surface area contributed by atoms with Gasteiger partial charge < -0.3 is 4.74 Å². The number of halogens is 1. The van der Waals surface area contributed by atoms with Crippen molar-refractivity contribution < 1.29 is 9.53 Å². The lowest BCUT2D eigenvalue weighted by Gasteiger charge is -2.39. The monoisotopic (exact) mass is 354 g/mol. The van der Waals surface area contributed by atoms with Crippen molar-refractivity contribution in [2.45, 2.75) is 51.7 Å². The Hall–Kier alpha value is -0.910. The van der Waals surface area contributed by atoms with Crippen LogP contribution in [0.3, 0.4) is 0 Å². The van der Waals surface area contributed by atoms with Gasteiger partial charge in [-0.1, -0.05) is 28.4 Å². The zero-order valence-electron chi connectivity index (χ0n) is 12.9. The van der Waals surface area contributed by atoms with E-state index in [4.69, 9.17) is 4.74 Å². The molecule has 1 saturated heterocycles. The molecule has 4 nitrogen and oxygen atoms in total. The van der Waals surface area contributed by atoms with Gasteiger partial charge in [-0.3, -0.25) is 5.43 Å². The summed E-state index contributed by atoms with van der Waals surface area (Å²) in [5.41, 5.74) is 5.22. The molecule has 21 heavy (non-hydrogen) atoms. The maximum atomic E-state index is 11.5. The lowest BCUT2D eigenvalue weighted by atomic mass is 10.00. The number of carbonyl (C=O) groups is 1. The van der Waals surface area contributed by atoms with Crippen LogP contribution < -0.4 is 5.43 Å². The van der Waals surface area contributed by atoms with E-state index in [0.717, 1.165) is 16.6 Å². The quantitative estimate of drug-likeness (QED) is 0.840. The van der Waals surface area contributed by atoms with E-state index in [2.05, 4.69) is 40.2 Å². The van der Waals surface area contributed by atoms with Gasteiger partial charge in [0.1, 0.15) is 0 Å². The summed E-state index contributed by atoms with van der Waals surface area (Å²) in [6.07, 6.45) is 3.78. The number of nitrogens with one attached hydrogen (secondary N) is 1. The molecule has 1 aromatic rings. The molecule has 5 heteroatoms. The van der Waals surface area contributed by atoms with E-state index in [-0.39, 0.29) is 5.97 Å². The van der Waals surface area contributed by atoms with E-state index in [9.17, 15) is 4.79 Å². The predicted molar refractivity (Wildman–Crippen MR) is 86.9 cm³/mol. The smallest absolute Gasteiger partial charge is 0.337 e. The molecule has 2 rings (SSSR count). The van der Waals surface area contributed by atoms with Crippen LogP contribution in [0.15, 0.2) is 22.7 Å². The Morgan fingerprint density at radius 1 is 1.38 bits per heavy atom. The van der Waals surface area contributed by atoms with Crippen molar-refractivity contribution in [1.82, 2.24) is 10.4 Å². The molecule has 0 saturated carbocycles. The van der Waals surface area contributed by atoms with Crippen molar-refractivity contribution in [2.75, 3.05) is 7.11 Å². The molecule has 1 aromatic carbocycles. The lowest BCUT2D eigenvalue weighted by Crippen LogP contribution is -2.51.